The minimum atomic E-state index is -0.389. The van der Waals surface area contributed by atoms with Gasteiger partial charge in [0.2, 0.25) is 0 Å². The van der Waals surface area contributed by atoms with Crippen LogP contribution in [0.25, 0.3) is 0 Å². The van der Waals surface area contributed by atoms with Crippen LogP contribution in [0.5, 0.6) is 0 Å². The molecular formula is C21H27F2N. The summed E-state index contributed by atoms with van der Waals surface area (Å²) in [6.45, 7) is 0. The summed E-state index contributed by atoms with van der Waals surface area (Å²) in [5, 5.41) is 8.81. The third kappa shape index (κ3) is 5.74. The first-order chi connectivity index (χ1) is 11.7. The lowest BCUT2D eigenvalue weighted by molar-refractivity contribution is 0.301. The molecule has 1 aromatic carbocycles. The summed E-state index contributed by atoms with van der Waals surface area (Å²) in [7, 11) is 0. The largest absolute Gasteiger partial charge is 0.216 e. The van der Waals surface area contributed by atoms with E-state index in [0.29, 0.717) is 12.2 Å². The smallest absolute Gasteiger partial charge is 0.141 e. The Kier molecular flexibility index (Phi) is 7.95. The van der Waals surface area contributed by atoms with E-state index in [1.165, 1.54) is 38.5 Å². The van der Waals surface area contributed by atoms with Crippen LogP contribution in [0.1, 0.15) is 81.3 Å². The van der Waals surface area contributed by atoms with Crippen molar-refractivity contribution < 1.29 is 8.78 Å². The molecule has 0 aromatic heterocycles. The van der Waals surface area contributed by atoms with Crippen LogP contribution in [-0.4, -0.2) is 0 Å². The maximum Gasteiger partial charge on any atom is 0.141 e. The van der Waals surface area contributed by atoms with Gasteiger partial charge in [0, 0.05) is 0 Å². The molecular weight excluding hydrogens is 304 g/mol. The highest BCUT2D eigenvalue weighted by molar-refractivity contribution is 5.34. The van der Waals surface area contributed by atoms with E-state index in [9.17, 15) is 8.78 Å². The zero-order valence-electron chi connectivity index (χ0n) is 14.3. The first kappa shape index (κ1) is 18.6. The molecule has 1 fully saturated rings. The molecule has 1 aliphatic carbocycles. The van der Waals surface area contributed by atoms with Gasteiger partial charge in [-0.25, -0.2) is 8.78 Å². The minimum Gasteiger partial charge on any atom is -0.216 e. The molecule has 0 unspecified atom stereocenters. The molecule has 0 aliphatic heterocycles. The van der Waals surface area contributed by atoms with Gasteiger partial charge in [-0.05, 0) is 68.1 Å². The van der Waals surface area contributed by atoms with Gasteiger partial charge in [-0.2, -0.15) is 5.26 Å². The Hall–Kier alpha value is -1.69. The van der Waals surface area contributed by atoms with Gasteiger partial charge in [0.05, 0.1) is 11.9 Å². The van der Waals surface area contributed by atoms with Gasteiger partial charge in [0.25, 0.3) is 0 Å². The van der Waals surface area contributed by atoms with E-state index >= 15 is 0 Å². The molecule has 3 heteroatoms. The Morgan fingerprint density at radius 3 is 2.50 bits per heavy atom. The number of nitrogens with zero attached hydrogens (tertiary/aromatic N) is 1. The summed E-state index contributed by atoms with van der Waals surface area (Å²) in [6.07, 6.45) is 13.8. The molecule has 1 aliphatic rings. The number of benzene rings is 1. The molecule has 2 rings (SSSR count). The predicted octanol–water partition coefficient (Wildman–Crippen LogP) is 6.79. The number of rotatable bonds is 8. The maximum atomic E-state index is 13.8. The van der Waals surface area contributed by atoms with Crippen molar-refractivity contribution in [2.45, 2.75) is 70.1 Å². The van der Waals surface area contributed by atoms with Crippen LogP contribution in [0.3, 0.4) is 0 Å². The molecule has 1 saturated carbocycles. The third-order valence-electron chi connectivity index (χ3n) is 5.25. The van der Waals surface area contributed by atoms with E-state index in [1.807, 2.05) is 12.1 Å². The minimum absolute atomic E-state index is 0.134. The lowest BCUT2D eigenvalue weighted by Crippen LogP contribution is -2.13. The van der Waals surface area contributed by atoms with Gasteiger partial charge in [-0.3, -0.25) is 0 Å². The van der Waals surface area contributed by atoms with E-state index in [2.05, 4.69) is 0 Å². The zero-order valence-corrected chi connectivity index (χ0v) is 14.3. The van der Waals surface area contributed by atoms with Gasteiger partial charge in [-0.15, -0.1) is 0 Å². The predicted molar refractivity (Wildman–Crippen MR) is 93.8 cm³/mol. The van der Waals surface area contributed by atoms with Gasteiger partial charge in [0.15, 0.2) is 0 Å². The molecule has 130 valence electrons. The lowest BCUT2D eigenvalue weighted by Gasteiger charge is -2.29. The molecule has 0 amide bonds. The molecule has 0 bridgehead atoms. The fraction of sp³-hybridized carbons (Fsp3) is 0.571. The second kappa shape index (κ2) is 10.2. The highest BCUT2D eigenvalue weighted by Gasteiger charge is 2.22. The van der Waals surface area contributed by atoms with Gasteiger partial charge >= 0.3 is 0 Å². The monoisotopic (exact) mass is 331 g/mol. The van der Waals surface area contributed by atoms with E-state index < -0.39 is 0 Å². The van der Waals surface area contributed by atoms with Crippen LogP contribution in [0, 0.1) is 23.1 Å². The molecule has 1 nitrogen and oxygen atoms in total. The Morgan fingerprint density at radius 1 is 1.08 bits per heavy atom. The summed E-state index contributed by atoms with van der Waals surface area (Å²) >= 11 is 0. The van der Waals surface area contributed by atoms with Crippen molar-refractivity contribution in [2.75, 3.05) is 0 Å². The van der Waals surface area contributed by atoms with Crippen molar-refractivity contribution in [3.05, 3.63) is 47.5 Å². The molecule has 24 heavy (non-hydrogen) atoms. The molecule has 0 N–H and O–H groups in total. The summed E-state index contributed by atoms with van der Waals surface area (Å²) in [4.78, 5) is 0. The van der Waals surface area contributed by atoms with Crippen LogP contribution in [-0.2, 0) is 0 Å². The number of halogens is 2. The quantitative estimate of drug-likeness (QED) is 0.481. The second-order valence-electron chi connectivity index (χ2n) is 6.92. The Bertz CT molecular complexity index is 566. The summed E-state index contributed by atoms with van der Waals surface area (Å²) in [5.74, 6) is 0.853. The van der Waals surface area contributed by atoms with E-state index in [-0.39, 0.29) is 11.4 Å². The summed E-state index contributed by atoms with van der Waals surface area (Å²) in [6, 6.07) is 6.95. The molecule has 0 heterocycles. The summed E-state index contributed by atoms with van der Waals surface area (Å²) in [5.41, 5.74) is 1.18. The standard InChI is InChI=1S/C21H27F2N/c22-14-6-4-2-1-3-5-7-17-8-10-18(11-9-17)19-12-13-20(16-24)21(23)15-19/h6,12-15,17-18H,1-5,7-11H2/t17-,18-. The fourth-order valence-electron chi connectivity index (χ4n) is 3.77. The Balaban J connectivity index is 1.66. The molecule has 0 saturated heterocycles. The molecule has 0 radical (unpaired) electrons. The van der Waals surface area contributed by atoms with Crippen LogP contribution in [0.15, 0.2) is 30.6 Å². The maximum absolute atomic E-state index is 13.8. The normalized spacial score (nSPS) is 21.0. The number of nitriles is 1. The van der Waals surface area contributed by atoms with Crippen molar-refractivity contribution in [1.29, 1.82) is 5.26 Å². The average molecular weight is 331 g/mol. The van der Waals surface area contributed by atoms with Crippen LogP contribution >= 0.6 is 0 Å². The Labute approximate surface area is 144 Å². The topological polar surface area (TPSA) is 23.8 Å². The molecule has 0 spiro atoms. The van der Waals surface area contributed by atoms with Crippen molar-refractivity contribution in [3.63, 3.8) is 0 Å². The lowest BCUT2D eigenvalue weighted by atomic mass is 9.77. The van der Waals surface area contributed by atoms with Crippen molar-refractivity contribution >= 4 is 0 Å². The van der Waals surface area contributed by atoms with Crippen LogP contribution in [0.4, 0.5) is 8.78 Å². The van der Waals surface area contributed by atoms with Gasteiger partial charge in [0.1, 0.15) is 11.9 Å². The number of hydrogen-bond acceptors (Lipinski definition) is 1. The van der Waals surface area contributed by atoms with Crippen molar-refractivity contribution in [1.82, 2.24) is 0 Å². The van der Waals surface area contributed by atoms with E-state index in [0.717, 1.165) is 37.2 Å². The first-order valence-electron chi connectivity index (χ1n) is 9.19. The number of allylic oxidation sites excluding steroid dienone is 1. The van der Waals surface area contributed by atoms with Crippen molar-refractivity contribution in [3.8, 4) is 6.07 Å². The van der Waals surface area contributed by atoms with E-state index in [1.54, 1.807) is 18.2 Å². The van der Waals surface area contributed by atoms with Crippen molar-refractivity contribution in [2.24, 2.45) is 5.92 Å². The van der Waals surface area contributed by atoms with Crippen LogP contribution in [0.2, 0.25) is 0 Å². The van der Waals surface area contributed by atoms with Gasteiger partial charge in [-0.1, -0.05) is 37.8 Å². The SMILES string of the molecule is N#Cc1ccc([C@H]2CC[C@H](CCCCCCC=CF)CC2)cc1F. The van der Waals surface area contributed by atoms with Gasteiger partial charge < -0.3 is 0 Å². The third-order valence-corrected chi connectivity index (χ3v) is 5.25. The van der Waals surface area contributed by atoms with E-state index in [4.69, 9.17) is 5.26 Å². The average Bonchev–Trinajstić information content (AvgIpc) is 2.61. The van der Waals surface area contributed by atoms with Crippen LogP contribution < -0.4 is 0 Å². The highest BCUT2D eigenvalue weighted by atomic mass is 19.1. The molecule has 1 aromatic rings. The Morgan fingerprint density at radius 2 is 1.83 bits per heavy atom. The first-order valence-corrected chi connectivity index (χ1v) is 9.19. The summed E-state index contributed by atoms with van der Waals surface area (Å²) < 4.78 is 25.6. The fourth-order valence-corrected chi connectivity index (χ4v) is 3.77. The zero-order chi connectivity index (χ0) is 17.2. The number of unbranched alkanes of at least 4 members (excludes halogenated alkanes) is 4. The number of hydrogen-bond donors (Lipinski definition) is 0. The second-order valence-corrected chi connectivity index (χ2v) is 6.92. The molecule has 0 atom stereocenters. The highest BCUT2D eigenvalue weighted by Crippen LogP contribution is 2.38.